The van der Waals surface area contributed by atoms with Gasteiger partial charge in [-0.2, -0.15) is 0 Å². The van der Waals surface area contributed by atoms with Crippen LogP contribution in [0.25, 0.3) is 10.9 Å². The Kier molecular flexibility index (Phi) is 4.94. The van der Waals surface area contributed by atoms with E-state index in [1.54, 1.807) is 14.2 Å². The smallest absolute Gasteiger partial charge is 0.257 e. The van der Waals surface area contributed by atoms with Crippen LogP contribution < -0.4 is 14.4 Å². The minimum Gasteiger partial charge on any atom is -0.493 e. The normalized spacial score (nSPS) is 16.8. The minimum absolute atomic E-state index is 0.104. The van der Waals surface area contributed by atoms with Crippen molar-refractivity contribution >= 4 is 22.5 Å². The van der Waals surface area contributed by atoms with Crippen LogP contribution in [0.3, 0.4) is 0 Å². The molecule has 0 fully saturated rings. The summed E-state index contributed by atoms with van der Waals surface area (Å²) in [5.74, 6) is 1.56. The van der Waals surface area contributed by atoms with Gasteiger partial charge in [-0.15, -0.1) is 0 Å². The maximum absolute atomic E-state index is 13.5. The quantitative estimate of drug-likeness (QED) is 0.465. The number of aromatic nitrogens is 1. The van der Waals surface area contributed by atoms with Gasteiger partial charge in [0.1, 0.15) is 6.17 Å². The Morgan fingerprint density at radius 3 is 2.62 bits per heavy atom. The van der Waals surface area contributed by atoms with Crippen molar-refractivity contribution in [1.29, 1.82) is 0 Å². The predicted octanol–water partition coefficient (Wildman–Crippen LogP) is 4.94. The van der Waals surface area contributed by atoms with E-state index in [-0.39, 0.29) is 12.1 Å². The molecule has 4 aromatic rings. The Morgan fingerprint density at radius 2 is 1.76 bits per heavy atom. The highest BCUT2D eigenvalue weighted by molar-refractivity contribution is 6.02. The van der Waals surface area contributed by atoms with E-state index in [2.05, 4.69) is 46.3 Å². The summed E-state index contributed by atoms with van der Waals surface area (Å²) >= 11 is 0. The van der Waals surface area contributed by atoms with Crippen molar-refractivity contribution in [2.24, 2.45) is 0 Å². The summed E-state index contributed by atoms with van der Waals surface area (Å²) in [6.45, 7) is 1.47. The van der Waals surface area contributed by atoms with E-state index in [1.165, 1.54) is 10.9 Å². The fourth-order valence-corrected chi connectivity index (χ4v) is 5.48. The van der Waals surface area contributed by atoms with Crippen molar-refractivity contribution in [3.8, 4) is 11.5 Å². The summed E-state index contributed by atoms with van der Waals surface area (Å²) in [5, 5.41) is 1.25. The molecule has 3 aromatic carbocycles. The lowest BCUT2D eigenvalue weighted by atomic mass is 9.95. The number of benzene rings is 3. The second-order valence-corrected chi connectivity index (χ2v) is 8.83. The Balaban J connectivity index is 1.42. The van der Waals surface area contributed by atoms with Gasteiger partial charge in [-0.05, 0) is 54.3 Å². The van der Waals surface area contributed by atoms with E-state index < -0.39 is 0 Å². The van der Waals surface area contributed by atoms with E-state index in [9.17, 15) is 4.79 Å². The van der Waals surface area contributed by atoms with Crippen LogP contribution in [0.1, 0.15) is 33.3 Å². The lowest BCUT2D eigenvalue weighted by Crippen LogP contribution is -2.52. The lowest BCUT2D eigenvalue weighted by Gasteiger charge is -2.47. The molecule has 2 aliphatic heterocycles. The summed E-state index contributed by atoms with van der Waals surface area (Å²) in [5.41, 5.74) is 6.49. The molecule has 34 heavy (non-hydrogen) atoms. The molecular weight excluding hydrogens is 426 g/mol. The van der Waals surface area contributed by atoms with E-state index >= 15 is 0 Å². The van der Waals surface area contributed by atoms with E-state index in [0.717, 1.165) is 58.9 Å². The van der Waals surface area contributed by atoms with Gasteiger partial charge < -0.3 is 24.3 Å². The fraction of sp³-hybridized carbons (Fsp3) is 0.250. The Morgan fingerprint density at radius 1 is 0.971 bits per heavy atom. The number of rotatable bonds is 5. The number of hydrogen-bond acceptors (Lipinski definition) is 4. The molecule has 1 unspecified atom stereocenters. The van der Waals surface area contributed by atoms with Crippen LogP contribution in [0, 0.1) is 0 Å². The van der Waals surface area contributed by atoms with Crippen LogP contribution >= 0.6 is 0 Å². The number of aromatic amines is 1. The van der Waals surface area contributed by atoms with Gasteiger partial charge >= 0.3 is 0 Å². The number of nitrogens with zero attached hydrogens (tertiary/aromatic N) is 2. The monoisotopic (exact) mass is 453 g/mol. The predicted molar refractivity (Wildman–Crippen MR) is 133 cm³/mol. The highest BCUT2D eigenvalue weighted by Crippen LogP contribution is 2.43. The van der Waals surface area contributed by atoms with Gasteiger partial charge in [0.2, 0.25) is 0 Å². The van der Waals surface area contributed by atoms with Gasteiger partial charge in [-0.1, -0.05) is 36.4 Å². The Hall–Kier alpha value is -3.93. The molecule has 3 heterocycles. The molecule has 6 heteroatoms. The number of para-hydroxylation sites is 2. The molecule has 6 nitrogen and oxygen atoms in total. The highest BCUT2D eigenvalue weighted by atomic mass is 16.5. The highest BCUT2D eigenvalue weighted by Gasteiger charge is 2.42. The number of ether oxygens (including phenoxy) is 2. The first-order valence-electron chi connectivity index (χ1n) is 11.7. The zero-order valence-electron chi connectivity index (χ0n) is 19.4. The summed E-state index contributed by atoms with van der Waals surface area (Å²) in [4.78, 5) is 21.6. The van der Waals surface area contributed by atoms with Crippen LogP contribution in [-0.2, 0) is 12.8 Å². The topological polar surface area (TPSA) is 57.8 Å². The molecule has 0 saturated heterocycles. The van der Waals surface area contributed by atoms with Crippen molar-refractivity contribution in [3.63, 3.8) is 0 Å². The van der Waals surface area contributed by atoms with Crippen molar-refractivity contribution in [2.75, 3.05) is 32.2 Å². The van der Waals surface area contributed by atoms with Crippen molar-refractivity contribution in [2.45, 2.75) is 19.0 Å². The van der Waals surface area contributed by atoms with Crippen LogP contribution in [0.15, 0.2) is 66.7 Å². The molecule has 2 aliphatic rings. The minimum atomic E-state index is -0.154. The first-order chi connectivity index (χ1) is 16.7. The first kappa shape index (κ1) is 20.7. The molecule has 6 rings (SSSR count). The van der Waals surface area contributed by atoms with Crippen molar-refractivity contribution in [1.82, 2.24) is 9.88 Å². The third-order valence-corrected chi connectivity index (χ3v) is 7.09. The number of anilines is 1. The number of carbonyl (C=O) groups is 1. The van der Waals surface area contributed by atoms with Crippen LogP contribution in [0.2, 0.25) is 0 Å². The van der Waals surface area contributed by atoms with Gasteiger partial charge in [0.15, 0.2) is 11.5 Å². The van der Waals surface area contributed by atoms with Gasteiger partial charge in [-0.25, -0.2) is 0 Å². The molecule has 0 saturated carbocycles. The molecule has 0 aliphatic carbocycles. The van der Waals surface area contributed by atoms with E-state index in [1.807, 2.05) is 35.2 Å². The number of amides is 1. The number of H-pyrrole nitrogens is 1. The first-order valence-corrected chi connectivity index (χ1v) is 11.7. The largest absolute Gasteiger partial charge is 0.493 e. The molecule has 172 valence electrons. The molecular formula is C28H27N3O3. The Bertz CT molecular complexity index is 1390. The molecule has 0 bridgehead atoms. The SMILES string of the molecule is COc1ccc(CCN2c3ccccc3C(=O)N3CCc4c([nH]c5ccccc45)C32)cc1OC. The number of carbonyl (C=O) groups excluding carboxylic acids is 1. The third-order valence-electron chi connectivity index (χ3n) is 7.09. The van der Waals surface area contributed by atoms with E-state index in [0.29, 0.717) is 6.54 Å². The summed E-state index contributed by atoms with van der Waals surface area (Å²) in [7, 11) is 3.31. The molecule has 1 aromatic heterocycles. The summed E-state index contributed by atoms with van der Waals surface area (Å²) in [6.07, 6.45) is 1.51. The maximum atomic E-state index is 13.5. The fourth-order valence-electron chi connectivity index (χ4n) is 5.48. The number of hydrogen-bond donors (Lipinski definition) is 1. The van der Waals surface area contributed by atoms with Crippen LogP contribution in [-0.4, -0.2) is 43.1 Å². The summed E-state index contributed by atoms with van der Waals surface area (Å²) in [6, 6.07) is 22.5. The molecule has 0 radical (unpaired) electrons. The number of methoxy groups -OCH3 is 2. The lowest BCUT2D eigenvalue weighted by molar-refractivity contribution is 0.0628. The van der Waals surface area contributed by atoms with E-state index in [4.69, 9.17) is 9.47 Å². The molecule has 1 N–H and O–H groups in total. The second-order valence-electron chi connectivity index (χ2n) is 8.83. The van der Waals surface area contributed by atoms with Crippen molar-refractivity contribution < 1.29 is 14.3 Å². The average molecular weight is 454 g/mol. The van der Waals surface area contributed by atoms with Crippen molar-refractivity contribution in [3.05, 3.63) is 89.1 Å². The van der Waals surface area contributed by atoms with Crippen LogP contribution in [0.4, 0.5) is 5.69 Å². The van der Waals surface area contributed by atoms with Gasteiger partial charge in [0.25, 0.3) is 5.91 Å². The van der Waals surface area contributed by atoms with Crippen LogP contribution in [0.5, 0.6) is 11.5 Å². The molecule has 0 spiro atoms. The second kappa shape index (κ2) is 8.13. The van der Waals surface area contributed by atoms with Gasteiger partial charge in [0, 0.05) is 24.0 Å². The summed E-state index contributed by atoms with van der Waals surface area (Å²) < 4.78 is 10.9. The molecule has 1 atom stereocenters. The zero-order chi connectivity index (χ0) is 23.2. The standard InChI is InChI=1S/C28H27N3O3/c1-33-24-12-11-18(17-25(24)34-2)13-15-30-23-10-6-4-8-21(23)28(32)31-16-14-20-19-7-3-5-9-22(19)29-26(20)27(30)31/h3-12,17,27,29H,13-16H2,1-2H3. The van der Waals surface area contributed by atoms with Gasteiger partial charge in [0.05, 0.1) is 31.2 Å². The van der Waals surface area contributed by atoms with Gasteiger partial charge in [-0.3, -0.25) is 4.79 Å². The number of nitrogens with one attached hydrogen (secondary N) is 1. The Labute approximate surface area is 198 Å². The zero-order valence-corrected chi connectivity index (χ0v) is 19.4. The third kappa shape index (κ3) is 3.13. The molecule has 1 amide bonds. The maximum Gasteiger partial charge on any atom is 0.257 e. The number of fused-ring (bicyclic) bond motifs is 6. The average Bonchev–Trinajstić information content (AvgIpc) is 3.27.